The van der Waals surface area contributed by atoms with Crippen LogP contribution in [0, 0.1) is 21.7 Å². The van der Waals surface area contributed by atoms with Crippen molar-refractivity contribution in [3.05, 3.63) is 51.0 Å². The summed E-state index contributed by atoms with van der Waals surface area (Å²) >= 11 is 1.09. The van der Waals surface area contributed by atoms with Crippen LogP contribution in [0.3, 0.4) is 0 Å². The van der Waals surface area contributed by atoms with E-state index in [4.69, 9.17) is 0 Å². The molecule has 0 fully saturated rings. The van der Waals surface area contributed by atoms with E-state index in [-0.39, 0.29) is 5.13 Å². The summed E-state index contributed by atoms with van der Waals surface area (Å²) in [5.74, 6) is -3.66. The van der Waals surface area contributed by atoms with Gasteiger partial charge in [0.15, 0.2) is 16.8 Å². The van der Waals surface area contributed by atoms with Crippen molar-refractivity contribution >= 4 is 28.1 Å². The van der Waals surface area contributed by atoms with Crippen molar-refractivity contribution in [2.45, 2.75) is 0 Å². The van der Waals surface area contributed by atoms with Gasteiger partial charge in [0.1, 0.15) is 5.56 Å². The van der Waals surface area contributed by atoms with E-state index in [9.17, 15) is 23.7 Å². The average Bonchev–Trinajstić information content (AvgIpc) is 2.84. The molecule has 0 aliphatic carbocycles. The third kappa shape index (κ3) is 2.71. The Hall–Kier alpha value is -2.42. The first-order valence-electron chi connectivity index (χ1n) is 4.83. The lowest BCUT2D eigenvalue weighted by atomic mass is 10.1. The van der Waals surface area contributed by atoms with Crippen LogP contribution < -0.4 is 5.32 Å². The van der Waals surface area contributed by atoms with E-state index in [1.165, 1.54) is 6.20 Å². The van der Waals surface area contributed by atoms with Gasteiger partial charge in [0.2, 0.25) is 0 Å². The Kier molecular flexibility index (Phi) is 3.47. The average molecular weight is 285 g/mol. The number of nitrogens with one attached hydrogen (secondary N) is 1. The van der Waals surface area contributed by atoms with Gasteiger partial charge in [-0.25, -0.2) is 13.8 Å². The number of nitro groups is 1. The largest absolute Gasteiger partial charge is 0.298 e. The molecule has 0 bridgehead atoms. The molecule has 0 saturated carbocycles. The van der Waals surface area contributed by atoms with Crippen LogP contribution in [0.4, 0.5) is 19.6 Å². The number of carbonyl (C=O) groups excluding carboxylic acids is 1. The summed E-state index contributed by atoms with van der Waals surface area (Å²) in [6.45, 7) is 0. The lowest BCUT2D eigenvalue weighted by Gasteiger charge is -2.03. The fourth-order valence-corrected chi connectivity index (χ4v) is 1.84. The van der Waals surface area contributed by atoms with Gasteiger partial charge in [0.25, 0.3) is 11.6 Å². The molecule has 1 heterocycles. The van der Waals surface area contributed by atoms with Crippen molar-refractivity contribution in [1.82, 2.24) is 4.98 Å². The van der Waals surface area contributed by atoms with Gasteiger partial charge in [-0.15, -0.1) is 11.3 Å². The van der Waals surface area contributed by atoms with Gasteiger partial charge in [-0.05, 0) is 6.07 Å². The molecule has 1 aromatic carbocycles. The molecule has 2 rings (SSSR count). The molecule has 0 spiro atoms. The highest BCUT2D eigenvalue weighted by Crippen LogP contribution is 2.23. The van der Waals surface area contributed by atoms with E-state index in [0.717, 1.165) is 11.3 Å². The van der Waals surface area contributed by atoms with Crippen molar-refractivity contribution in [3.8, 4) is 0 Å². The zero-order valence-corrected chi connectivity index (χ0v) is 9.91. The maximum absolute atomic E-state index is 13.1. The summed E-state index contributed by atoms with van der Waals surface area (Å²) in [6.07, 6.45) is 1.42. The maximum Gasteiger partial charge on any atom is 0.285 e. The highest BCUT2D eigenvalue weighted by Gasteiger charge is 2.24. The Morgan fingerprint density at radius 1 is 1.37 bits per heavy atom. The molecular weight excluding hydrogens is 280 g/mol. The van der Waals surface area contributed by atoms with E-state index in [1.54, 1.807) is 5.38 Å². The highest BCUT2D eigenvalue weighted by atomic mass is 32.1. The van der Waals surface area contributed by atoms with Gasteiger partial charge in [-0.1, -0.05) is 0 Å². The lowest BCUT2D eigenvalue weighted by molar-refractivity contribution is -0.385. The van der Waals surface area contributed by atoms with Crippen molar-refractivity contribution < 1.29 is 18.5 Å². The van der Waals surface area contributed by atoms with Gasteiger partial charge in [-0.3, -0.25) is 20.2 Å². The molecule has 0 aliphatic rings. The standard InChI is InChI=1S/C10H5F2N3O3S/c11-6-3-5(8(15(17)18)4-7(6)12)9(16)14-10-13-1-2-19-10/h1-4H,(H,13,14,16). The minimum absolute atomic E-state index is 0.198. The second-order valence-corrected chi connectivity index (χ2v) is 4.23. The Bertz CT molecular complexity index is 646. The zero-order valence-electron chi connectivity index (χ0n) is 9.09. The topological polar surface area (TPSA) is 85.1 Å². The number of anilines is 1. The fraction of sp³-hybridized carbons (Fsp3) is 0. The van der Waals surface area contributed by atoms with Crippen molar-refractivity contribution in [2.75, 3.05) is 5.32 Å². The molecule has 0 aliphatic heterocycles. The number of benzene rings is 1. The third-order valence-corrected chi connectivity index (χ3v) is 2.82. The van der Waals surface area contributed by atoms with Gasteiger partial charge in [-0.2, -0.15) is 0 Å². The number of aromatic nitrogens is 1. The Morgan fingerprint density at radius 2 is 2.05 bits per heavy atom. The minimum atomic E-state index is -1.39. The van der Waals surface area contributed by atoms with Crippen LogP contribution in [0.15, 0.2) is 23.7 Å². The van der Waals surface area contributed by atoms with Crippen LogP contribution in [0.5, 0.6) is 0 Å². The van der Waals surface area contributed by atoms with Crippen molar-refractivity contribution in [3.63, 3.8) is 0 Å². The summed E-state index contributed by atoms with van der Waals surface area (Å²) in [5, 5.41) is 14.7. The Balaban J connectivity index is 2.40. The molecule has 1 amide bonds. The molecule has 0 saturated heterocycles. The van der Waals surface area contributed by atoms with Crippen LogP contribution in [0.1, 0.15) is 10.4 Å². The minimum Gasteiger partial charge on any atom is -0.298 e. The SMILES string of the molecule is O=C(Nc1nccs1)c1cc(F)c(F)cc1[N+](=O)[O-]. The predicted octanol–water partition coefficient (Wildman–Crippen LogP) is 2.58. The first kappa shape index (κ1) is 13.0. The molecule has 6 nitrogen and oxygen atoms in total. The van der Waals surface area contributed by atoms with Crippen molar-refractivity contribution in [1.29, 1.82) is 0 Å². The number of nitro benzene ring substituents is 1. The van der Waals surface area contributed by atoms with Gasteiger partial charge >= 0.3 is 0 Å². The molecule has 98 valence electrons. The molecular formula is C10H5F2N3O3S. The molecule has 0 atom stereocenters. The molecule has 0 radical (unpaired) electrons. The number of nitrogens with zero attached hydrogens (tertiary/aromatic N) is 2. The van der Waals surface area contributed by atoms with E-state index in [0.29, 0.717) is 12.1 Å². The quantitative estimate of drug-likeness (QED) is 0.693. The molecule has 0 unspecified atom stereocenters. The summed E-state index contributed by atoms with van der Waals surface area (Å²) in [7, 11) is 0. The Labute approximate surface area is 108 Å². The number of carbonyl (C=O) groups is 1. The number of halogens is 2. The van der Waals surface area contributed by atoms with Gasteiger partial charge < -0.3 is 0 Å². The summed E-state index contributed by atoms with van der Waals surface area (Å²) in [4.78, 5) is 25.3. The first-order valence-corrected chi connectivity index (χ1v) is 5.71. The van der Waals surface area contributed by atoms with Gasteiger partial charge in [0, 0.05) is 11.6 Å². The molecule has 19 heavy (non-hydrogen) atoms. The molecule has 1 N–H and O–H groups in total. The van der Waals surface area contributed by atoms with E-state index < -0.39 is 33.7 Å². The number of thiazole rings is 1. The van der Waals surface area contributed by atoms with E-state index in [2.05, 4.69) is 10.3 Å². The van der Waals surface area contributed by atoms with Crippen LogP contribution >= 0.6 is 11.3 Å². The van der Waals surface area contributed by atoms with Crippen LogP contribution in [0.25, 0.3) is 0 Å². The zero-order chi connectivity index (χ0) is 14.0. The number of rotatable bonds is 3. The second kappa shape index (κ2) is 5.06. The number of hydrogen-bond donors (Lipinski definition) is 1. The van der Waals surface area contributed by atoms with Crippen LogP contribution in [0.2, 0.25) is 0 Å². The fourth-order valence-electron chi connectivity index (χ4n) is 1.32. The number of amides is 1. The summed E-state index contributed by atoms with van der Waals surface area (Å²) in [6, 6.07) is 0.850. The monoisotopic (exact) mass is 285 g/mol. The van der Waals surface area contributed by atoms with Crippen molar-refractivity contribution in [2.24, 2.45) is 0 Å². The summed E-state index contributed by atoms with van der Waals surface area (Å²) < 4.78 is 26.0. The lowest BCUT2D eigenvalue weighted by Crippen LogP contribution is -2.14. The van der Waals surface area contributed by atoms with E-state index >= 15 is 0 Å². The maximum atomic E-state index is 13.1. The van der Waals surface area contributed by atoms with Crippen LogP contribution in [-0.4, -0.2) is 15.8 Å². The van der Waals surface area contributed by atoms with Crippen LogP contribution in [-0.2, 0) is 0 Å². The highest BCUT2D eigenvalue weighted by molar-refractivity contribution is 7.13. The third-order valence-electron chi connectivity index (χ3n) is 2.13. The summed E-state index contributed by atoms with van der Waals surface area (Å²) in [5.41, 5.74) is -1.38. The molecule has 2 aromatic rings. The Morgan fingerprint density at radius 3 is 2.63 bits per heavy atom. The second-order valence-electron chi connectivity index (χ2n) is 3.33. The normalized spacial score (nSPS) is 10.2. The molecule has 9 heteroatoms. The number of hydrogen-bond acceptors (Lipinski definition) is 5. The van der Waals surface area contributed by atoms with E-state index in [1.807, 2.05) is 0 Å². The van der Waals surface area contributed by atoms with Gasteiger partial charge in [0.05, 0.1) is 11.0 Å². The molecule has 1 aromatic heterocycles. The smallest absolute Gasteiger partial charge is 0.285 e. The predicted molar refractivity (Wildman–Crippen MR) is 63.1 cm³/mol. The first-order chi connectivity index (χ1) is 8.99.